The highest BCUT2D eigenvalue weighted by Gasteiger charge is 2.05. The number of hydrogen-bond donors (Lipinski definition) is 1. The Morgan fingerprint density at radius 1 is 1.11 bits per heavy atom. The number of benzene rings is 1. The van der Waals surface area contributed by atoms with Gasteiger partial charge in [-0.15, -0.1) is 0 Å². The smallest absolute Gasteiger partial charge is 0.0465 e. The van der Waals surface area contributed by atoms with E-state index in [-0.39, 0.29) is 0 Å². The van der Waals surface area contributed by atoms with Gasteiger partial charge in [0.05, 0.1) is 0 Å². The van der Waals surface area contributed by atoms with Gasteiger partial charge in [-0.3, -0.25) is 4.98 Å². The molecule has 2 rings (SSSR count). The molecule has 0 aliphatic rings. The maximum absolute atomic E-state index is 6.11. The van der Waals surface area contributed by atoms with E-state index in [0.29, 0.717) is 16.6 Å². The van der Waals surface area contributed by atoms with Crippen LogP contribution in [0.2, 0.25) is 10.0 Å². The molecule has 1 N–H and O–H groups in total. The summed E-state index contributed by atoms with van der Waals surface area (Å²) in [6.07, 6.45) is 3.67. The number of hydrogen-bond acceptors (Lipinski definition) is 2. The zero-order chi connectivity index (χ0) is 13.0. The molecule has 1 aromatic heterocycles. The van der Waals surface area contributed by atoms with Gasteiger partial charge < -0.3 is 5.32 Å². The molecule has 0 fully saturated rings. The molecule has 0 saturated heterocycles. The third-order valence-corrected chi connectivity index (χ3v) is 3.53. The Labute approximate surface area is 117 Å². The summed E-state index contributed by atoms with van der Waals surface area (Å²) in [6.45, 7) is 3.47. The van der Waals surface area contributed by atoms with Crippen molar-refractivity contribution >= 4 is 23.2 Å². The van der Waals surface area contributed by atoms with Crippen molar-refractivity contribution in [2.75, 3.05) is 0 Å². The fraction of sp³-hybridized carbons (Fsp3) is 0.214. The van der Waals surface area contributed by atoms with E-state index in [0.717, 1.165) is 12.1 Å². The predicted octanol–water partition coefficient (Wildman–Crippen LogP) is 3.99. The molecular formula is C14H14Cl2N2. The van der Waals surface area contributed by atoms with Crippen molar-refractivity contribution in [3.05, 3.63) is 63.4 Å². The van der Waals surface area contributed by atoms with Crippen LogP contribution in [-0.4, -0.2) is 4.98 Å². The Balaban J connectivity index is 1.99. The molecule has 0 aliphatic heterocycles. The third-order valence-electron chi connectivity index (χ3n) is 2.83. The second-order valence-electron chi connectivity index (χ2n) is 4.11. The summed E-state index contributed by atoms with van der Waals surface area (Å²) in [4.78, 5) is 4.11. The number of aromatic nitrogens is 1. The Hall–Kier alpha value is -1.09. The van der Waals surface area contributed by atoms with Crippen LogP contribution in [0.3, 0.4) is 0 Å². The largest absolute Gasteiger partial charge is 0.308 e. The minimum atomic E-state index is 0.646. The summed E-state index contributed by atoms with van der Waals surface area (Å²) in [7, 11) is 0. The van der Waals surface area contributed by atoms with Crippen LogP contribution in [-0.2, 0) is 13.1 Å². The minimum absolute atomic E-state index is 0.646. The van der Waals surface area contributed by atoms with Crippen LogP contribution in [0.1, 0.15) is 16.7 Å². The van der Waals surface area contributed by atoms with Crippen molar-refractivity contribution in [2.24, 2.45) is 0 Å². The molecule has 0 spiro atoms. The third kappa shape index (κ3) is 3.22. The number of halogens is 2. The van der Waals surface area contributed by atoms with E-state index in [1.54, 1.807) is 6.20 Å². The molecule has 0 aliphatic carbocycles. The van der Waals surface area contributed by atoms with Crippen LogP contribution < -0.4 is 5.32 Å². The van der Waals surface area contributed by atoms with Gasteiger partial charge in [-0.2, -0.15) is 0 Å². The summed E-state index contributed by atoms with van der Waals surface area (Å²) in [5, 5.41) is 4.72. The predicted molar refractivity (Wildman–Crippen MR) is 76.0 cm³/mol. The molecule has 2 aromatic rings. The Bertz CT molecular complexity index is 521. The quantitative estimate of drug-likeness (QED) is 0.916. The van der Waals surface area contributed by atoms with Gasteiger partial charge in [0.25, 0.3) is 0 Å². The van der Waals surface area contributed by atoms with Crippen LogP contribution in [0.4, 0.5) is 0 Å². The van der Waals surface area contributed by atoms with Gasteiger partial charge in [0.15, 0.2) is 0 Å². The molecule has 0 unspecified atom stereocenters. The van der Waals surface area contributed by atoms with Gasteiger partial charge in [0, 0.05) is 41.1 Å². The van der Waals surface area contributed by atoms with Crippen molar-refractivity contribution in [2.45, 2.75) is 20.0 Å². The lowest BCUT2D eigenvalue weighted by Crippen LogP contribution is -2.14. The summed E-state index contributed by atoms with van der Waals surface area (Å²) in [5.74, 6) is 0. The minimum Gasteiger partial charge on any atom is -0.308 e. The van der Waals surface area contributed by atoms with Crippen LogP contribution in [0.15, 0.2) is 36.7 Å². The van der Waals surface area contributed by atoms with Crippen molar-refractivity contribution in [1.29, 1.82) is 0 Å². The Kier molecular flexibility index (Phi) is 4.59. The summed E-state index contributed by atoms with van der Waals surface area (Å²) in [6, 6.07) is 7.54. The van der Waals surface area contributed by atoms with E-state index in [1.807, 2.05) is 30.5 Å². The average Bonchev–Trinajstić information content (AvgIpc) is 2.35. The maximum atomic E-state index is 6.11. The van der Waals surface area contributed by atoms with E-state index in [9.17, 15) is 0 Å². The summed E-state index contributed by atoms with van der Waals surface area (Å²) in [5.41, 5.74) is 3.34. The fourth-order valence-electron chi connectivity index (χ4n) is 1.71. The van der Waals surface area contributed by atoms with E-state index in [1.165, 1.54) is 11.1 Å². The fourth-order valence-corrected chi connectivity index (χ4v) is 2.24. The lowest BCUT2D eigenvalue weighted by Gasteiger charge is -2.09. The first-order chi connectivity index (χ1) is 8.68. The van der Waals surface area contributed by atoms with Crippen molar-refractivity contribution in [3.8, 4) is 0 Å². The molecule has 0 radical (unpaired) electrons. The number of nitrogens with one attached hydrogen (secondary N) is 1. The SMILES string of the molecule is Cc1ccncc1CNCc1c(Cl)cccc1Cl. The van der Waals surface area contributed by atoms with Crippen LogP contribution in [0.25, 0.3) is 0 Å². The summed E-state index contributed by atoms with van der Waals surface area (Å²) >= 11 is 12.2. The second-order valence-corrected chi connectivity index (χ2v) is 4.92. The molecule has 4 heteroatoms. The molecule has 18 heavy (non-hydrogen) atoms. The second kappa shape index (κ2) is 6.19. The van der Waals surface area contributed by atoms with Gasteiger partial charge in [-0.1, -0.05) is 29.3 Å². The molecule has 2 nitrogen and oxygen atoms in total. The normalized spacial score (nSPS) is 10.6. The maximum Gasteiger partial charge on any atom is 0.0465 e. The van der Waals surface area contributed by atoms with E-state index in [4.69, 9.17) is 23.2 Å². The van der Waals surface area contributed by atoms with E-state index >= 15 is 0 Å². The van der Waals surface area contributed by atoms with Gasteiger partial charge in [0.2, 0.25) is 0 Å². The lowest BCUT2D eigenvalue weighted by atomic mass is 10.1. The van der Waals surface area contributed by atoms with Crippen molar-refractivity contribution in [3.63, 3.8) is 0 Å². The highest BCUT2D eigenvalue weighted by molar-refractivity contribution is 6.35. The first kappa shape index (κ1) is 13.3. The highest BCUT2D eigenvalue weighted by atomic mass is 35.5. The lowest BCUT2D eigenvalue weighted by molar-refractivity contribution is 0.689. The first-order valence-corrected chi connectivity index (χ1v) is 6.47. The molecule has 0 saturated carbocycles. The van der Waals surface area contributed by atoms with Gasteiger partial charge in [-0.05, 0) is 36.2 Å². The Morgan fingerprint density at radius 2 is 1.83 bits per heavy atom. The molecule has 1 heterocycles. The van der Waals surface area contributed by atoms with E-state index in [2.05, 4.69) is 17.2 Å². The zero-order valence-corrected chi connectivity index (χ0v) is 11.6. The average molecular weight is 281 g/mol. The molecule has 0 bridgehead atoms. The first-order valence-electron chi connectivity index (χ1n) is 5.71. The number of pyridine rings is 1. The standard InChI is InChI=1S/C14H14Cl2N2/c1-10-5-6-17-7-11(10)8-18-9-12-13(15)3-2-4-14(12)16/h2-7,18H,8-9H2,1H3. The van der Waals surface area contributed by atoms with Crippen LogP contribution >= 0.6 is 23.2 Å². The van der Waals surface area contributed by atoms with Crippen LogP contribution in [0, 0.1) is 6.92 Å². The van der Waals surface area contributed by atoms with Gasteiger partial charge in [0.1, 0.15) is 0 Å². The van der Waals surface area contributed by atoms with Crippen molar-refractivity contribution in [1.82, 2.24) is 10.3 Å². The zero-order valence-electron chi connectivity index (χ0n) is 10.1. The van der Waals surface area contributed by atoms with Gasteiger partial charge >= 0.3 is 0 Å². The molecule has 0 atom stereocenters. The number of nitrogens with zero attached hydrogens (tertiary/aromatic N) is 1. The monoisotopic (exact) mass is 280 g/mol. The number of rotatable bonds is 4. The van der Waals surface area contributed by atoms with E-state index < -0.39 is 0 Å². The summed E-state index contributed by atoms with van der Waals surface area (Å²) < 4.78 is 0. The van der Waals surface area contributed by atoms with Crippen LogP contribution in [0.5, 0.6) is 0 Å². The molecule has 94 valence electrons. The molecule has 0 amide bonds. The topological polar surface area (TPSA) is 24.9 Å². The molecular weight excluding hydrogens is 267 g/mol. The molecule has 1 aromatic carbocycles. The van der Waals surface area contributed by atoms with Gasteiger partial charge in [-0.25, -0.2) is 0 Å². The number of aryl methyl sites for hydroxylation is 1. The highest BCUT2D eigenvalue weighted by Crippen LogP contribution is 2.23. The van der Waals surface area contributed by atoms with Crippen molar-refractivity contribution < 1.29 is 0 Å². The Morgan fingerprint density at radius 3 is 2.50 bits per heavy atom.